The smallest absolute Gasteiger partial charge is 0.387 e. The number of rotatable bonds is 6. The van der Waals surface area contributed by atoms with Crippen LogP contribution in [0.5, 0.6) is 11.5 Å². The maximum Gasteiger partial charge on any atom is 0.387 e. The van der Waals surface area contributed by atoms with Gasteiger partial charge in [-0.15, -0.1) is 0 Å². The fraction of sp³-hybridized carbons (Fsp3) is 0.350. The highest BCUT2D eigenvalue weighted by atomic mass is 19.3. The number of ether oxygens (including phenoxy) is 2. The number of para-hydroxylation sites is 2. The topological polar surface area (TPSA) is 42.0 Å². The second-order valence-corrected chi connectivity index (χ2v) is 6.08. The van der Waals surface area contributed by atoms with Gasteiger partial charge >= 0.3 is 6.61 Å². The molecule has 144 valence electrons. The zero-order valence-electron chi connectivity index (χ0n) is 15.1. The third-order valence-corrected chi connectivity index (χ3v) is 4.40. The van der Waals surface area contributed by atoms with Crippen molar-refractivity contribution in [3.05, 3.63) is 54.1 Å². The van der Waals surface area contributed by atoms with E-state index in [1.807, 2.05) is 31.2 Å². The number of hydrogen-bond donors (Lipinski definition) is 0. The van der Waals surface area contributed by atoms with E-state index in [-0.39, 0.29) is 11.7 Å². The Morgan fingerprint density at radius 2 is 1.70 bits per heavy atom. The van der Waals surface area contributed by atoms with Gasteiger partial charge in [0.1, 0.15) is 11.5 Å². The Balaban J connectivity index is 1.61. The largest absolute Gasteiger partial charge is 0.492 e. The number of carbonyl (C=O) groups is 1. The van der Waals surface area contributed by atoms with Gasteiger partial charge in [-0.3, -0.25) is 4.79 Å². The van der Waals surface area contributed by atoms with Crippen LogP contribution in [-0.2, 0) is 0 Å². The third kappa shape index (κ3) is 4.67. The summed E-state index contributed by atoms with van der Waals surface area (Å²) in [7, 11) is 0. The van der Waals surface area contributed by atoms with Crippen LogP contribution in [0.25, 0.3) is 0 Å². The number of halogens is 2. The number of nitrogens with zero attached hydrogens (tertiary/aromatic N) is 2. The van der Waals surface area contributed by atoms with E-state index in [1.165, 1.54) is 24.3 Å². The maximum atomic E-state index is 12.6. The van der Waals surface area contributed by atoms with E-state index < -0.39 is 6.61 Å². The molecule has 0 atom stereocenters. The molecule has 0 N–H and O–H groups in total. The summed E-state index contributed by atoms with van der Waals surface area (Å²) in [6, 6.07) is 13.7. The molecule has 7 heteroatoms. The lowest BCUT2D eigenvalue weighted by atomic mass is 10.1. The molecule has 0 radical (unpaired) electrons. The van der Waals surface area contributed by atoms with Crippen LogP contribution in [0, 0.1) is 0 Å². The van der Waals surface area contributed by atoms with Gasteiger partial charge in [-0.1, -0.05) is 12.1 Å². The highest BCUT2D eigenvalue weighted by Crippen LogP contribution is 2.29. The van der Waals surface area contributed by atoms with Gasteiger partial charge in [0.2, 0.25) is 0 Å². The summed E-state index contributed by atoms with van der Waals surface area (Å²) in [5, 5.41) is 0. The van der Waals surface area contributed by atoms with Crippen molar-refractivity contribution >= 4 is 11.6 Å². The first-order chi connectivity index (χ1) is 13.1. The molecule has 0 unspecified atom stereocenters. The van der Waals surface area contributed by atoms with Crippen LogP contribution in [0.3, 0.4) is 0 Å². The molecule has 1 amide bonds. The predicted octanol–water partition coefficient (Wildman–Crippen LogP) is 3.65. The molecule has 0 saturated carbocycles. The summed E-state index contributed by atoms with van der Waals surface area (Å²) in [4.78, 5) is 16.6. The lowest BCUT2D eigenvalue weighted by molar-refractivity contribution is -0.0498. The van der Waals surface area contributed by atoms with Crippen molar-refractivity contribution in [2.75, 3.05) is 37.7 Å². The van der Waals surface area contributed by atoms with Crippen LogP contribution in [0.2, 0.25) is 0 Å². The Hall–Kier alpha value is -2.83. The average Bonchev–Trinajstić information content (AvgIpc) is 2.68. The van der Waals surface area contributed by atoms with Crippen LogP contribution < -0.4 is 14.4 Å². The molecule has 0 bridgehead atoms. The predicted molar refractivity (Wildman–Crippen MR) is 98.8 cm³/mol. The van der Waals surface area contributed by atoms with E-state index in [0.29, 0.717) is 38.3 Å². The van der Waals surface area contributed by atoms with Crippen molar-refractivity contribution in [1.29, 1.82) is 0 Å². The van der Waals surface area contributed by atoms with Gasteiger partial charge in [-0.25, -0.2) is 0 Å². The summed E-state index contributed by atoms with van der Waals surface area (Å²) >= 11 is 0. The number of alkyl halides is 2. The molecular weight excluding hydrogens is 354 g/mol. The first-order valence-corrected chi connectivity index (χ1v) is 8.89. The van der Waals surface area contributed by atoms with Crippen molar-refractivity contribution in [3.8, 4) is 11.5 Å². The molecule has 1 aliphatic rings. The fourth-order valence-corrected chi connectivity index (χ4v) is 3.11. The first-order valence-electron chi connectivity index (χ1n) is 8.89. The van der Waals surface area contributed by atoms with Gasteiger partial charge in [-0.05, 0) is 43.3 Å². The molecule has 2 aromatic rings. The molecular formula is C20H22F2N2O3. The quantitative estimate of drug-likeness (QED) is 0.772. The second-order valence-electron chi connectivity index (χ2n) is 6.08. The minimum absolute atomic E-state index is 0.0406. The SMILES string of the molecule is CCOc1ccccc1N1CCN(C(=O)c2ccc(OC(F)F)cc2)CC1. The van der Waals surface area contributed by atoms with E-state index >= 15 is 0 Å². The summed E-state index contributed by atoms with van der Waals surface area (Å²) in [5.74, 6) is 0.768. The minimum Gasteiger partial charge on any atom is -0.492 e. The monoisotopic (exact) mass is 376 g/mol. The van der Waals surface area contributed by atoms with E-state index in [1.54, 1.807) is 4.90 Å². The standard InChI is InChI=1S/C20H22F2N2O3/c1-2-26-18-6-4-3-5-17(18)23-11-13-24(14-12-23)19(25)15-7-9-16(10-8-15)27-20(21)22/h3-10,20H,2,11-14H2,1H3. The van der Waals surface area contributed by atoms with E-state index in [0.717, 1.165) is 11.4 Å². The Labute approximate surface area is 157 Å². The number of anilines is 1. The molecule has 0 spiro atoms. The highest BCUT2D eigenvalue weighted by molar-refractivity contribution is 5.94. The molecule has 5 nitrogen and oxygen atoms in total. The van der Waals surface area contributed by atoms with Gasteiger partial charge in [0.05, 0.1) is 12.3 Å². The Morgan fingerprint density at radius 3 is 2.33 bits per heavy atom. The molecule has 2 aromatic carbocycles. The van der Waals surface area contributed by atoms with Gasteiger partial charge in [0.15, 0.2) is 0 Å². The molecule has 3 rings (SSSR count). The Bertz CT molecular complexity index is 760. The first kappa shape index (κ1) is 18.9. The summed E-state index contributed by atoms with van der Waals surface area (Å²) < 4.78 is 34.4. The van der Waals surface area contributed by atoms with Crippen LogP contribution in [0.15, 0.2) is 48.5 Å². The van der Waals surface area contributed by atoms with Crippen LogP contribution in [0.1, 0.15) is 17.3 Å². The zero-order chi connectivity index (χ0) is 19.2. The molecule has 1 saturated heterocycles. The number of amides is 1. The van der Waals surface area contributed by atoms with Crippen molar-refractivity contribution < 1.29 is 23.0 Å². The molecule has 27 heavy (non-hydrogen) atoms. The molecule has 1 aliphatic heterocycles. The molecule has 0 aromatic heterocycles. The maximum absolute atomic E-state index is 12.6. The van der Waals surface area contributed by atoms with Gasteiger partial charge in [0.25, 0.3) is 5.91 Å². The summed E-state index contributed by atoms with van der Waals surface area (Å²) in [6.45, 7) is 2.22. The fourth-order valence-electron chi connectivity index (χ4n) is 3.11. The minimum atomic E-state index is -2.88. The van der Waals surface area contributed by atoms with E-state index in [2.05, 4.69) is 9.64 Å². The normalized spacial score (nSPS) is 14.4. The molecule has 1 heterocycles. The lowest BCUT2D eigenvalue weighted by Gasteiger charge is -2.36. The number of hydrogen-bond acceptors (Lipinski definition) is 4. The lowest BCUT2D eigenvalue weighted by Crippen LogP contribution is -2.48. The Kier molecular flexibility index (Phi) is 6.11. The molecule has 1 fully saturated rings. The third-order valence-electron chi connectivity index (χ3n) is 4.40. The highest BCUT2D eigenvalue weighted by Gasteiger charge is 2.23. The molecule has 0 aliphatic carbocycles. The van der Waals surface area contributed by atoms with Gasteiger partial charge in [-0.2, -0.15) is 8.78 Å². The number of piperazine rings is 1. The summed E-state index contributed by atoms with van der Waals surface area (Å²) in [5.41, 5.74) is 1.49. The summed E-state index contributed by atoms with van der Waals surface area (Å²) in [6.07, 6.45) is 0. The second kappa shape index (κ2) is 8.70. The van der Waals surface area contributed by atoms with Crippen molar-refractivity contribution in [3.63, 3.8) is 0 Å². The van der Waals surface area contributed by atoms with E-state index in [4.69, 9.17) is 4.74 Å². The van der Waals surface area contributed by atoms with Crippen molar-refractivity contribution in [2.45, 2.75) is 13.5 Å². The Morgan fingerprint density at radius 1 is 1.04 bits per heavy atom. The van der Waals surface area contributed by atoms with Crippen LogP contribution in [-0.4, -0.2) is 50.2 Å². The number of benzene rings is 2. The average molecular weight is 376 g/mol. The van der Waals surface area contributed by atoms with Crippen molar-refractivity contribution in [1.82, 2.24) is 4.90 Å². The van der Waals surface area contributed by atoms with Gasteiger partial charge in [0, 0.05) is 31.7 Å². The van der Waals surface area contributed by atoms with Crippen molar-refractivity contribution in [2.24, 2.45) is 0 Å². The van der Waals surface area contributed by atoms with Crippen LogP contribution in [0.4, 0.5) is 14.5 Å². The van der Waals surface area contributed by atoms with E-state index in [9.17, 15) is 13.6 Å². The van der Waals surface area contributed by atoms with Gasteiger partial charge < -0.3 is 19.3 Å². The zero-order valence-corrected chi connectivity index (χ0v) is 15.1. The number of carbonyl (C=O) groups excluding carboxylic acids is 1. The van der Waals surface area contributed by atoms with Crippen LogP contribution >= 0.6 is 0 Å².